The van der Waals surface area contributed by atoms with E-state index in [1.807, 2.05) is 47.6 Å². The number of benzene rings is 1. The van der Waals surface area contributed by atoms with Gasteiger partial charge in [-0.25, -0.2) is 0 Å². The number of allylic oxidation sites excluding steroid dienone is 2. The summed E-state index contributed by atoms with van der Waals surface area (Å²) in [5.41, 5.74) is 4.72. The molecule has 191 valence electrons. The van der Waals surface area contributed by atoms with Gasteiger partial charge in [0.2, 0.25) is 0 Å². The van der Waals surface area contributed by atoms with E-state index in [1.165, 1.54) is 11.6 Å². The molecule has 35 heavy (non-hydrogen) atoms. The molecule has 0 aliphatic rings. The first-order chi connectivity index (χ1) is 15.5. The SMILES string of the molecule is CC(C)(C)C(=O)/C=C(\O)C(C)(C)C.Cc1[c-]c(-c2ccc3ccncc3n2)cc(C(C)(C)C)c1.[Ir]. The maximum Gasteiger partial charge on any atom is 0.164 e. The van der Waals surface area contributed by atoms with Crippen molar-refractivity contribution in [2.45, 2.75) is 74.7 Å². The van der Waals surface area contributed by atoms with Crippen LogP contribution in [0.25, 0.3) is 22.2 Å². The van der Waals surface area contributed by atoms with Gasteiger partial charge >= 0.3 is 0 Å². The molecule has 0 fully saturated rings. The number of hydrogen-bond donors (Lipinski definition) is 1. The summed E-state index contributed by atoms with van der Waals surface area (Å²) in [4.78, 5) is 20.4. The van der Waals surface area contributed by atoms with E-state index in [9.17, 15) is 9.90 Å². The first kappa shape index (κ1) is 30.7. The van der Waals surface area contributed by atoms with Gasteiger partial charge in [-0.1, -0.05) is 81.4 Å². The van der Waals surface area contributed by atoms with Crippen molar-refractivity contribution in [3.8, 4) is 11.3 Å². The molecule has 0 spiro atoms. The van der Waals surface area contributed by atoms with E-state index in [1.54, 1.807) is 12.4 Å². The Morgan fingerprint density at radius 1 is 0.943 bits per heavy atom. The molecule has 0 unspecified atom stereocenters. The van der Waals surface area contributed by atoms with E-state index >= 15 is 0 Å². The third-order valence-electron chi connectivity index (χ3n) is 5.42. The van der Waals surface area contributed by atoms with E-state index in [4.69, 9.17) is 4.98 Å². The van der Waals surface area contributed by atoms with Crippen LogP contribution in [-0.2, 0) is 30.3 Å². The van der Waals surface area contributed by atoms with Crippen LogP contribution in [0.3, 0.4) is 0 Å². The standard InChI is InChI=1S/C19H19N2.C11H20O2.Ir/c1-13-9-15(11-16(10-13)19(2,3)4)17-6-5-14-7-8-20-12-18(14)21-17;1-10(2,3)8(12)7-9(13)11(4,5)6;/h5-8,10-12H,1-4H3;7,12H,1-6H3;/q-1;;/b;8-7-;. The Morgan fingerprint density at radius 2 is 1.57 bits per heavy atom. The summed E-state index contributed by atoms with van der Waals surface area (Å²) in [5.74, 6) is 0.104. The quantitative estimate of drug-likeness (QED) is 0.175. The molecule has 0 saturated heterocycles. The monoisotopic (exact) mass is 652 g/mol. The minimum absolute atomic E-state index is 0. The van der Waals surface area contributed by atoms with Crippen LogP contribution in [0, 0.1) is 23.8 Å². The van der Waals surface area contributed by atoms with Gasteiger partial charge in [0, 0.05) is 48.6 Å². The number of rotatable bonds is 2. The number of carbonyl (C=O) groups is 1. The zero-order valence-electron chi connectivity index (χ0n) is 22.7. The van der Waals surface area contributed by atoms with Crippen molar-refractivity contribution in [2.75, 3.05) is 0 Å². The summed E-state index contributed by atoms with van der Waals surface area (Å²) >= 11 is 0. The van der Waals surface area contributed by atoms with E-state index in [0.717, 1.165) is 27.7 Å². The number of hydrogen-bond acceptors (Lipinski definition) is 4. The number of carbonyl (C=O) groups excluding carboxylic acids is 1. The number of aryl methyl sites for hydroxylation is 1. The van der Waals surface area contributed by atoms with Crippen molar-refractivity contribution >= 4 is 16.7 Å². The number of aromatic nitrogens is 2. The van der Waals surface area contributed by atoms with Gasteiger partial charge in [0.1, 0.15) is 5.76 Å². The molecule has 3 rings (SSSR count). The predicted octanol–water partition coefficient (Wildman–Crippen LogP) is 7.79. The summed E-state index contributed by atoms with van der Waals surface area (Å²) in [6.07, 6.45) is 4.93. The molecule has 2 heterocycles. The average Bonchev–Trinajstić information content (AvgIpc) is 2.71. The van der Waals surface area contributed by atoms with Crippen molar-refractivity contribution in [3.63, 3.8) is 0 Å². The van der Waals surface area contributed by atoms with Crippen LogP contribution in [0.1, 0.15) is 73.4 Å². The van der Waals surface area contributed by atoms with Crippen LogP contribution < -0.4 is 0 Å². The molecule has 0 saturated carbocycles. The van der Waals surface area contributed by atoms with E-state index in [0.29, 0.717) is 0 Å². The summed E-state index contributed by atoms with van der Waals surface area (Å²) < 4.78 is 0. The van der Waals surface area contributed by atoms with Crippen molar-refractivity contribution in [1.82, 2.24) is 9.97 Å². The minimum atomic E-state index is -0.417. The van der Waals surface area contributed by atoms with Crippen molar-refractivity contribution in [3.05, 3.63) is 71.8 Å². The number of aliphatic hydroxyl groups is 1. The molecule has 1 N–H and O–H groups in total. The second kappa shape index (κ2) is 11.6. The molecule has 3 aromatic rings. The van der Waals surface area contributed by atoms with Crippen molar-refractivity contribution in [1.29, 1.82) is 0 Å². The minimum Gasteiger partial charge on any atom is -0.512 e. The second-order valence-corrected chi connectivity index (χ2v) is 11.9. The Hall–Kier alpha value is -2.36. The molecule has 0 aliphatic carbocycles. The largest absolute Gasteiger partial charge is 0.512 e. The van der Waals surface area contributed by atoms with E-state index < -0.39 is 5.41 Å². The van der Waals surface area contributed by atoms with Crippen LogP contribution in [0.2, 0.25) is 0 Å². The number of nitrogens with zero attached hydrogens (tertiary/aromatic N) is 2. The van der Waals surface area contributed by atoms with Crippen molar-refractivity contribution in [2.24, 2.45) is 10.8 Å². The summed E-state index contributed by atoms with van der Waals surface area (Å²) in [7, 11) is 0. The molecular weight excluding hydrogens is 613 g/mol. The van der Waals surface area contributed by atoms with Crippen LogP contribution in [0.15, 0.2) is 54.6 Å². The fourth-order valence-electron chi connectivity index (χ4n) is 2.96. The molecule has 2 aromatic heterocycles. The van der Waals surface area contributed by atoms with E-state index in [-0.39, 0.29) is 42.5 Å². The van der Waals surface area contributed by atoms with Gasteiger partial charge in [-0.2, -0.15) is 0 Å². The number of pyridine rings is 2. The third kappa shape index (κ3) is 8.98. The Bertz CT molecular complexity index is 1190. The Kier molecular flexibility index (Phi) is 10.1. The van der Waals surface area contributed by atoms with Crippen molar-refractivity contribution < 1.29 is 30.0 Å². The summed E-state index contributed by atoms with van der Waals surface area (Å²) in [5, 5.41) is 10.7. The normalized spacial score (nSPS) is 12.5. The topological polar surface area (TPSA) is 63.1 Å². The van der Waals surface area contributed by atoms with Crippen LogP contribution in [0.4, 0.5) is 0 Å². The zero-order valence-corrected chi connectivity index (χ0v) is 25.1. The molecule has 1 aromatic carbocycles. The maximum absolute atomic E-state index is 11.5. The second-order valence-electron chi connectivity index (χ2n) is 11.9. The molecule has 0 aliphatic heterocycles. The zero-order chi connectivity index (χ0) is 25.9. The third-order valence-corrected chi connectivity index (χ3v) is 5.42. The predicted molar refractivity (Wildman–Crippen MR) is 142 cm³/mol. The molecule has 4 nitrogen and oxygen atoms in total. The van der Waals surface area contributed by atoms with Gasteiger partial charge in [-0.05, 0) is 17.2 Å². The maximum atomic E-state index is 11.5. The molecular formula is C30H39IrN2O2-. The van der Waals surface area contributed by atoms with Crippen LogP contribution in [-0.4, -0.2) is 20.9 Å². The molecule has 5 heteroatoms. The van der Waals surface area contributed by atoms with Gasteiger partial charge in [0.05, 0.1) is 11.7 Å². The van der Waals surface area contributed by atoms with Gasteiger partial charge in [0.15, 0.2) is 5.78 Å². The number of ketones is 1. The number of aliphatic hydroxyl groups excluding tert-OH is 1. The molecule has 0 atom stereocenters. The van der Waals surface area contributed by atoms with E-state index in [2.05, 4.69) is 63.0 Å². The summed E-state index contributed by atoms with van der Waals surface area (Å²) in [6, 6.07) is 13.9. The Balaban J connectivity index is 0.000000383. The first-order valence-electron chi connectivity index (χ1n) is 11.7. The summed E-state index contributed by atoms with van der Waals surface area (Å²) in [6.45, 7) is 19.9. The average molecular weight is 652 g/mol. The fourth-order valence-corrected chi connectivity index (χ4v) is 2.96. The van der Waals surface area contributed by atoms with Gasteiger partial charge in [0.25, 0.3) is 0 Å². The molecule has 1 radical (unpaired) electrons. The number of fused-ring (bicyclic) bond motifs is 1. The fraction of sp³-hybridized carbons (Fsp3) is 0.433. The Morgan fingerprint density at radius 3 is 2.11 bits per heavy atom. The smallest absolute Gasteiger partial charge is 0.164 e. The Labute approximate surface area is 224 Å². The van der Waals surface area contributed by atoms with Gasteiger partial charge in [-0.3, -0.25) is 14.8 Å². The van der Waals surface area contributed by atoms with Gasteiger partial charge < -0.3 is 5.11 Å². The molecule has 0 bridgehead atoms. The molecule has 0 amide bonds. The van der Waals surface area contributed by atoms with Crippen LogP contribution >= 0.6 is 0 Å². The van der Waals surface area contributed by atoms with Crippen LogP contribution in [0.5, 0.6) is 0 Å². The van der Waals surface area contributed by atoms with Gasteiger partial charge in [-0.15, -0.1) is 34.9 Å². The first-order valence-corrected chi connectivity index (χ1v) is 11.7.